The summed E-state index contributed by atoms with van der Waals surface area (Å²) in [7, 11) is 2.37. The summed E-state index contributed by atoms with van der Waals surface area (Å²) in [4.78, 5) is 0. The van der Waals surface area contributed by atoms with Crippen LogP contribution in [0.15, 0.2) is 0 Å². The van der Waals surface area contributed by atoms with Crippen molar-refractivity contribution in [1.29, 1.82) is 0 Å². The van der Waals surface area contributed by atoms with Crippen molar-refractivity contribution in [2.24, 2.45) is 5.73 Å². The molecule has 0 aromatic heterocycles. The molecule has 0 aromatic rings. The molecule has 66 valence electrons. The molecule has 1 heterocycles. The van der Waals surface area contributed by atoms with Crippen molar-refractivity contribution in [3.05, 3.63) is 0 Å². The highest BCUT2D eigenvalue weighted by atomic mass is 15.3. The van der Waals surface area contributed by atoms with Gasteiger partial charge in [-0.25, -0.2) is 0 Å². The highest BCUT2D eigenvalue weighted by Gasteiger charge is 2.23. The lowest BCUT2D eigenvalue weighted by molar-refractivity contribution is -0.914. The molecule has 0 atom stereocenters. The number of nitrogens with two attached hydrogens (primary N) is 1. The van der Waals surface area contributed by atoms with Crippen molar-refractivity contribution in [2.75, 3.05) is 33.2 Å². The largest absolute Gasteiger partial charge is 0.330 e. The monoisotopic (exact) mass is 157 g/mol. The fourth-order valence-corrected chi connectivity index (χ4v) is 1.97. The van der Waals surface area contributed by atoms with E-state index < -0.39 is 0 Å². The van der Waals surface area contributed by atoms with Crippen LogP contribution in [0.1, 0.15) is 25.7 Å². The quantitative estimate of drug-likeness (QED) is 0.607. The first-order valence-electron chi connectivity index (χ1n) is 4.80. The number of hydrogen-bond donors (Lipinski definition) is 1. The number of likely N-dealkylation sites (tertiary alicyclic amines) is 1. The maximum absolute atomic E-state index is 5.49. The molecule has 0 unspecified atom stereocenters. The van der Waals surface area contributed by atoms with Gasteiger partial charge in [-0.1, -0.05) is 0 Å². The minimum Gasteiger partial charge on any atom is -0.330 e. The van der Waals surface area contributed by atoms with Crippen molar-refractivity contribution in [1.82, 2.24) is 0 Å². The van der Waals surface area contributed by atoms with Gasteiger partial charge >= 0.3 is 0 Å². The lowest BCUT2D eigenvalue weighted by Gasteiger charge is -2.37. The Hall–Kier alpha value is -0.0800. The predicted molar refractivity (Wildman–Crippen MR) is 48.3 cm³/mol. The van der Waals surface area contributed by atoms with E-state index in [1.54, 1.807) is 0 Å². The van der Waals surface area contributed by atoms with Crippen LogP contribution in [0.3, 0.4) is 0 Å². The zero-order valence-corrected chi connectivity index (χ0v) is 7.68. The predicted octanol–water partition coefficient (Wildman–Crippen LogP) is 0.966. The van der Waals surface area contributed by atoms with E-state index >= 15 is 0 Å². The van der Waals surface area contributed by atoms with E-state index in [4.69, 9.17) is 5.73 Å². The molecule has 0 radical (unpaired) electrons. The van der Waals surface area contributed by atoms with E-state index in [0.717, 1.165) is 6.54 Å². The molecule has 1 aliphatic heterocycles. The van der Waals surface area contributed by atoms with Crippen LogP contribution in [0.2, 0.25) is 0 Å². The van der Waals surface area contributed by atoms with Crippen LogP contribution in [-0.2, 0) is 0 Å². The number of piperidine rings is 1. The normalized spacial score (nSPS) is 23.5. The van der Waals surface area contributed by atoms with Crippen molar-refractivity contribution in [3.8, 4) is 0 Å². The van der Waals surface area contributed by atoms with Gasteiger partial charge < -0.3 is 10.2 Å². The van der Waals surface area contributed by atoms with Gasteiger partial charge in [-0.2, -0.15) is 0 Å². The molecule has 1 aliphatic rings. The third-order valence-electron chi connectivity index (χ3n) is 2.80. The van der Waals surface area contributed by atoms with Gasteiger partial charge in [0, 0.05) is 6.42 Å². The van der Waals surface area contributed by atoms with Gasteiger partial charge in [0.05, 0.1) is 26.7 Å². The Morgan fingerprint density at radius 1 is 1.18 bits per heavy atom. The standard InChI is InChI=1S/C9H21N2/c1-11(9-5-6-10)7-3-2-4-8-11/h2-10H2,1H3/q+1. The maximum Gasteiger partial charge on any atom is 0.0796 e. The summed E-state index contributed by atoms with van der Waals surface area (Å²) in [5.74, 6) is 0. The van der Waals surface area contributed by atoms with Gasteiger partial charge in [0.2, 0.25) is 0 Å². The first kappa shape index (κ1) is 9.01. The van der Waals surface area contributed by atoms with Crippen LogP contribution >= 0.6 is 0 Å². The highest BCUT2D eigenvalue weighted by Crippen LogP contribution is 2.15. The number of hydrogen-bond acceptors (Lipinski definition) is 1. The van der Waals surface area contributed by atoms with Crippen LogP contribution in [0.25, 0.3) is 0 Å². The minimum absolute atomic E-state index is 0.855. The molecule has 0 bridgehead atoms. The molecule has 0 amide bonds. The zero-order chi connectivity index (χ0) is 8.16. The van der Waals surface area contributed by atoms with Gasteiger partial charge in [0.25, 0.3) is 0 Å². The van der Waals surface area contributed by atoms with E-state index in [0.29, 0.717) is 0 Å². The Morgan fingerprint density at radius 2 is 1.82 bits per heavy atom. The maximum atomic E-state index is 5.49. The lowest BCUT2D eigenvalue weighted by atomic mass is 10.1. The summed E-state index contributed by atoms with van der Waals surface area (Å²) in [6.07, 6.45) is 5.47. The summed E-state index contributed by atoms with van der Waals surface area (Å²) in [5, 5.41) is 0. The van der Waals surface area contributed by atoms with Crippen LogP contribution < -0.4 is 5.73 Å². The second-order valence-electron chi connectivity index (χ2n) is 3.99. The first-order chi connectivity index (χ1) is 5.27. The van der Waals surface area contributed by atoms with Crippen LogP contribution in [0.5, 0.6) is 0 Å². The fourth-order valence-electron chi connectivity index (χ4n) is 1.97. The third kappa shape index (κ3) is 2.80. The summed E-state index contributed by atoms with van der Waals surface area (Å²) >= 11 is 0. The molecule has 2 heteroatoms. The van der Waals surface area contributed by atoms with Gasteiger partial charge in [-0.15, -0.1) is 0 Å². The van der Waals surface area contributed by atoms with Crippen molar-refractivity contribution < 1.29 is 4.48 Å². The first-order valence-corrected chi connectivity index (χ1v) is 4.80. The molecule has 2 nitrogen and oxygen atoms in total. The van der Waals surface area contributed by atoms with Gasteiger partial charge in [0.15, 0.2) is 0 Å². The summed E-state index contributed by atoms with van der Waals surface area (Å²) in [6, 6.07) is 0. The molecular weight excluding hydrogens is 136 g/mol. The summed E-state index contributed by atoms with van der Waals surface area (Å²) in [6.45, 7) is 4.89. The topological polar surface area (TPSA) is 26.0 Å². The Bertz CT molecular complexity index is 106. The molecule has 0 saturated carbocycles. The van der Waals surface area contributed by atoms with Crippen LogP contribution in [0.4, 0.5) is 0 Å². The smallest absolute Gasteiger partial charge is 0.0796 e. The van der Waals surface area contributed by atoms with Crippen LogP contribution in [0, 0.1) is 0 Å². The van der Waals surface area contributed by atoms with Crippen molar-refractivity contribution in [2.45, 2.75) is 25.7 Å². The highest BCUT2D eigenvalue weighted by molar-refractivity contribution is 4.51. The molecule has 1 saturated heterocycles. The van der Waals surface area contributed by atoms with Crippen LogP contribution in [-0.4, -0.2) is 37.7 Å². The van der Waals surface area contributed by atoms with Crippen molar-refractivity contribution in [3.63, 3.8) is 0 Å². The average Bonchev–Trinajstić information content (AvgIpc) is 2.03. The van der Waals surface area contributed by atoms with Gasteiger partial charge in [-0.3, -0.25) is 0 Å². The second kappa shape index (κ2) is 4.07. The molecule has 1 fully saturated rings. The fraction of sp³-hybridized carbons (Fsp3) is 1.00. The number of rotatable bonds is 3. The molecule has 0 aliphatic carbocycles. The van der Waals surface area contributed by atoms with E-state index in [2.05, 4.69) is 7.05 Å². The van der Waals surface area contributed by atoms with Gasteiger partial charge in [-0.05, 0) is 25.8 Å². The van der Waals surface area contributed by atoms with E-state index in [1.165, 1.54) is 49.8 Å². The van der Waals surface area contributed by atoms with E-state index in [1.807, 2.05) is 0 Å². The second-order valence-corrected chi connectivity index (χ2v) is 3.99. The molecule has 11 heavy (non-hydrogen) atoms. The number of nitrogens with zero attached hydrogens (tertiary/aromatic N) is 1. The Labute approximate surface area is 70.0 Å². The molecule has 2 N–H and O–H groups in total. The SMILES string of the molecule is C[N+]1(CCCN)CCCCC1. The molecular formula is C9H21N2+. The Balaban J connectivity index is 2.25. The molecule has 0 spiro atoms. The Morgan fingerprint density at radius 3 is 2.36 bits per heavy atom. The molecule has 1 rings (SSSR count). The van der Waals surface area contributed by atoms with E-state index in [-0.39, 0.29) is 0 Å². The lowest BCUT2D eigenvalue weighted by Crippen LogP contribution is -2.48. The summed E-state index contributed by atoms with van der Waals surface area (Å²) in [5.41, 5.74) is 5.49. The zero-order valence-electron chi connectivity index (χ0n) is 7.68. The summed E-state index contributed by atoms with van der Waals surface area (Å²) < 4.78 is 1.27. The minimum atomic E-state index is 0.855. The third-order valence-corrected chi connectivity index (χ3v) is 2.80. The molecule has 0 aromatic carbocycles. The van der Waals surface area contributed by atoms with E-state index in [9.17, 15) is 0 Å². The number of quaternary nitrogens is 1. The average molecular weight is 157 g/mol. The van der Waals surface area contributed by atoms with Gasteiger partial charge in [0.1, 0.15) is 0 Å². The van der Waals surface area contributed by atoms with Crippen molar-refractivity contribution >= 4 is 0 Å². The Kier molecular flexibility index (Phi) is 3.34.